The molecule has 0 aromatic heterocycles. The predicted molar refractivity (Wildman–Crippen MR) is 77.9 cm³/mol. The Labute approximate surface area is 109 Å². The van der Waals surface area contributed by atoms with E-state index in [1.807, 2.05) is 30.3 Å². The van der Waals surface area contributed by atoms with Gasteiger partial charge in [0.1, 0.15) is 0 Å². The van der Waals surface area contributed by atoms with Gasteiger partial charge in [-0.15, -0.1) is 0 Å². The zero-order valence-electron chi connectivity index (χ0n) is 11.2. The lowest BCUT2D eigenvalue weighted by Crippen LogP contribution is -2.24. The fourth-order valence-corrected chi connectivity index (χ4v) is 1.86. The molecule has 94 valence electrons. The van der Waals surface area contributed by atoms with Crippen molar-refractivity contribution in [1.82, 2.24) is 0 Å². The van der Waals surface area contributed by atoms with Gasteiger partial charge in [-0.05, 0) is 35.2 Å². The van der Waals surface area contributed by atoms with Gasteiger partial charge in [0.2, 0.25) is 0 Å². The maximum atomic E-state index is 6.11. The number of hydrogen-bond donors (Lipinski definition) is 1. The summed E-state index contributed by atoms with van der Waals surface area (Å²) in [5.74, 6) is 6.11. The number of hydrogen-bond acceptors (Lipinski definition) is 2. The highest BCUT2D eigenvalue weighted by Crippen LogP contribution is 2.26. The zero-order valence-corrected chi connectivity index (χ0v) is 11.2. The Morgan fingerprint density at radius 1 is 0.778 bits per heavy atom. The van der Waals surface area contributed by atoms with Gasteiger partial charge in [-0.3, -0.25) is 5.01 Å². The highest BCUT2D eigenvalue weighted by molar-refractivity contribution is 5.61. The molecular weight excluding hydrogens is 220 g/mol. The summed E-state index contributed by atoms with van der Waals surface area (Å²) in [5, 5.41) is 1.70. The summed E-state index contributed by atoms with van der Waals surface area (Å²) >= 11 is 0. The van der Waals surface area contributed by atoms with Crippen molar-refractivity contribution in [3.05, 3.63) is 60.2 Å². The Morgan fingerprint density at radius 2 is 1.28 bits per heavy atom. The smallest absolute Gasteiger partial charge is 0.0575 e. The molecule has 0 heterocycles. The van der Waals surface area contributed by atoms with E-state index >= 15 is 0 Å². The summed E-state index contributed by atoms with van der Waals surface area (Å²) < 4.78 is 0. The van der Waals surface area contributed by atoms with E-state index in [4.69, 9.17) is 5.84 Å². The first kappa shape index (κ1) is 12.7. The lowest BCUT2D eigenvalue weighted by atomic mass is 9.87. The number of hydrazine groups is 1. The van der Waals surface area contributed by atoms with E-state index in [1.165, 1.54) is 5.56 Å². The van der Waals surface area contributed by atoms with Crippen LogP contribution in [0.1, 0.15) is 26.3 Å². The van der Waals surface area contributed by atoms with Crippen molar-refractivity contribution in [2.75, 3.05) is 5.01 Å². The minimum Gasteiger partial charge on any atom is -0.280 e. The van der Waals surface area contributed by atoms with Gasteiger partial charge in [-0.25, -0.2) is 5.84 Å². The van der Waals surface area contributed by atoms with Gasteiger partial charge in [0.15, 0.2) is 0 Å². The van der Waals surface area contributed by atoms with Crippen LogP contribution in [0.3, 0.4) is 0 Å². The third-order valence-electron chi connectivity index (χ3n) is 3.05. The van der Waals surface area contributed by atoms with E-state index in [-0.39, 0.29) is 5.41 Å². The molecule has 2 aromatic carbocycles. The normalized spacial score (nSPS) is 11.3. The molecule has 0 radical (unpaired) electrons. The molecule has 0 saturated heterocycles. The standard InChI is InChI=1S/C16H20N2/c1-16(2,3)13-9-11-15(12-10-13)18(17)14-7-5-4-6-8-14/h4-12H,17H2,1-3H3. The fraction of sp³-hybridized carbons (Fsp3) is 0.250. The molecular formula is C16H20N2. The molecule has 0 saturated carbocycles. The molecule has 2 rings (SSSR count). The molecule has 0 aliphatic heterocycles. The van der Waals surface area contributed by atoms with Crippen molar-refractivity contribution >= 4 is 11.4 Å². The predicted octanol–water partition coefficient (Wildman–Crippen LogP) is 4.00. The van der Waals surface area contributed by atoms with Crippen LogP contribution in [0.5, 0.6) is 0 Å². The molecule has 0 unspecified atom stereocenters. The summed E-state index contributed by atoms with van der Waals surface area (Å²) in [4.78, 5) is 0. The SMILES string of the molecule is CC(C)(C)c1ccc(N(N)c2ccccc2)cc1. The first-order chi connectivity index (χ1) is 8.48. The van der Waals surface area contributed by atoms with Crippen LogP contribution in [0.25, 0.3) is 0 Å². The third-order valence-corrected chi connectivity index (χ3v) is 3.05. The molecule has 0 spiro atoms. The Balaban J connectivity index is 2.25. The first-order valence-corrected chi connectivity index (χ1v) is 6.19. The number of nitrogens with two attached hydrogens (primary N) is 1. The molecule has 2 heteroatoms. The topological polar surface area (TPSA) is 29.3 Å². The van der Waals surface area contributed by atoms with Crippen LogP contribution in [-0.4, -0.2) is 0 Å². The van der Waals surface area contributed by atoms with Crippen molar-refractivity contribution in [1.29, 1.82) is 0 Å². The molecule has 0 amide bonds. The van der Waals surface area contributed by atoms with Crippen molar-refractivity contribution in [2.24, 2.45) is 5.84 Å². The van der Waals surface area contributed by atoms with Crippen molar-refractivity contribution in [2.45, 2.75) is 26.2 Å². The highest BCUT2D eigenvalue weighted by atomic mass is 15.4. The van der Waals surface area contributed by atoms with Crippen LogP contribution in [0.15, 0.2) is 54.6 Å². The van der Waals surface area contributed by atoms with Crippen molar-refractivity contribution < 1.29 is 0 Å². The Hall–Kier alpha value is -1.80. The van der Waals surface area contributed by atoms with Crippen LogP contribution in [0.4, 0.5) is 11.4 Å². The van der Waals surface area contributed by atoms with Gasteiger partial charge in [0, 0.05) is 0 Å². The van der Waals surface area contributed by atoms with Gasteiger partial charge in [0.25, 0.3) is 0 Å². The maximum Gasteiger partial charge on any atom is 0.0575 e. The third kappa shape index (κ3) is 2.71. The van der Waals surface area contributed by atoms with Crippen molar-refractivity contribution in [3.63, 3.8) is 0 Å². The number of anilines is 2. The lowest BCUT2D eigenvalue weighted by molar-refractivity contribution is 0.590. The zero-order chi connectivity index (χ0) is 13.2. The summed E-state index contributed by atoms with van der Waals surface area (Å²) in [5.41, 5.74) is 3.47. The molecule has 0 atom stereocenters. The van der Waals surface area contributed by atoms with E-state index in [1.54, 1.807) is 5.01 Å². The number of benzene rings is 2. The van der Waals surface area contributed by atoms with E-state index < -0.39 is 0 Å². The summed E-state index contributed by atoms with van der Waals surface area (Å²) in [6.45, 7) is 6.62. The van der Waals surface area contributed by atoms with Gasteiger partial charge < -0.3 is 0 Å². The van der Waals surface area contributed by atoms with Crippen LogP contribution in [0, 0.1) is 0 Å². The summed E-state index contributed by atoms with van der Waals surface area (Å²) in [6.07, 6.45) is 0. The molecule has 0 bridgehead atoms. The van der Waals surface area contributed by atoms with Gasteiger partial charge in [-0.1, -0.05) is 51.1 Å². The molecule has 0 fully saturated rings. The Bertz CT molecular complexity index is 495. The minimum absolute atomic E-state index is 0.171. The minimum atomic E-state index is 0.171. The number of rotatable bonds is 2. The second-order valence-electron chi connectivity index (χ2n) is 5.50. The molecule has 2 nitrogen and oxygen atoms in total. The van der Waals surface area contributed by atoms with E-state index in [9.17, 15) is 0 Å². The average molecular weight is 240 g/mol. The Kier molecular flexibility index (Phi) is 3.39. The second kappa shape index (κ2) is 4.83. The largest absolute Gasteiger partial charge is 0.280 e. The quantitative estimate of drug-likeness (QED) is 0.635. The van der Waals surface area contributed by atoms with Crippen molar-refractivity contribution in [3.8, 4) is 0 Å². The van der Waals surface area contributed by atoms with Crippen LogP contribution < -0.4 is 10.9 Å². The van der Waals surface area contributed by atoms with Gasteiger partial charge in [-0.2, -0.15) is 0 Å². The maximum absolute atomic E-state index is 6.11. The highest BCUT2D eigenvalue weighted by Gasteiger charge is 2.13. The van der Waals surface area contributed by atoms with Gasteiger partial charge >= 0.3 is 0 Å². The number of nitrogens with zero attached hydrogens (tertiary/aromatic N) is 1. The lowest BCUT2D eigenvalue weighted by Gasteiger charge is -2.22. The summed E-state index contributed by atoms with van der Waals surface area (Å²) in [7, 11) is 0. The van der Waals surface area contributed by atoms with Crippen LogP contribution in [0.2, 0.25) is 0 Å². The molecule has 2 aromatic rings. The second-order valence-corrected chi connectivity index (χ2v) is 5.50. The molecule has 2 N–H and O–H groups in total. The van der Waals surface area contributed by atoms with Gasteiger partial charge in [0.05, 0.1) is 11.4 Å². The van der Waals surface area contributed by atoms with E-state index in [0.29, 0.717) is 0 Å². The monoisotopic (exact) mass is 240 g/mol. The first-order valence-electron chi connectivity index (χ1n) is 6.19. The van der Waals surface area contributed by atoms with E-state index in [0.717, 1.165) is 11.4 Å². The molecule has 0 aliphatic carbocycles. The molecule has 0 aliphatic rings. The average Bonchev–Trinajstić information content (AvgIpc) is 2.38. The fourth-order valence-electron chi connectivity index (χ4n) is 1.86. The van der Waals surface area contributed by atoms with Crippen LogP contribution >= 0.6 is 0 Å². The number of para-hydroxylation sites is 1. The molecule has 18 heavy (non-hydrogen) atoms. The Morgan fingerprint density at radius 3 is 1.78 bits per heavy atom. The van der Waals surface area contributed by atoms with Crippen LogP contribution in [-0.2, 0) is 5.41 Å². The summed E-state index contributed by atoms with van der Waals surface area (Å²) in [6, 6.07) is 18.4. The van der Waals surface area contributed by atoms with E-state index in [2.05, 4.69) is 45.0 Å².